The quantitative estimate of drug-likeness (QED) is 0.549. The predicted octanol–water partition coefficient (Wildman–Crippen LogP) is 2.67. The number of ketones is 1. The number of anilines is 1. The van der Waals surface area contributed by atoms with Crippen molar-refractivity contribution < 1.29 is 19.2 Å². The molecule has 0 saturated carbocycles. The molecule has 1 N–H and O–H groups in total. The van der Waals surface area contributed by atoms with E-state index in [9.17, 15) is 24.5 Å². The van der Waals surface area contributed by atoms with Gasteiger partial charge in [-0.25, -0.2) is 0 Å². The Balaban J connectivity index is 1.97. The zero-order valence-electron chi connectivity index (χ0n) is 18.6. The number of hydrogen-bond donors (Lipinski definition) is 1. The van der Waals surface area contributed by atoms with Gasteiger partial charge < -0.3 is 14.6 Å². The van der Waals surface area contributed by atoms with Crippen molar-refractivity contribution in [2.75, 3.05) is 11.4 Å². The first-order chi connectivity index (χ1) is 15.5. The van der Waals surface area contributed by atoms with E-state index in [0.29, 0.717) is 12.1 Å². The molecule has 10 nitrogen and oxygen atoms in total. The number of ether oxygens (including phenoxy) is 1. The summed E-state index contributed by atoms with van der Waals surface area (Å²) in [6, 6.07) is 4.09. The molecule has 3 heterocycles. The lowest BCUT2D eigenvalue weighted by atomic mass is 9.62. The molecule has 0 radical (unpaired) electrons. The summed E-state index contributed by atoms with van der Waals surface area (Å²) in [7, 11) is 0. The number of non-ortho nitro benzene ring substituents is 1. The van der Waals surface area contributed by atoms with E-state index in [2.05, 4.69) is 9.97 Å². The Hall–Kier alpha value is -3.82. The Labute approximate surface area is 188 Å². The lowest BCUT2D eigenvalue weighted by molar-refractivity contribution is -0.384. The molecule has 2 aromatic rings. The fraction of sp³-hybridized carbons (Fsp3) is 0.391. The summed E-state index contributed by atoms with van der Waals surface area (Å²) < 4.78 is 6.02. The second-order valence-electron chi connectivity index (χ2n) is 9.43. The molecule has 0 saturated heterocycles. The van der Waals surface area contributed by atoms with Gasteiger partial charge in [0.1, 0.15) is 22.6 Å². The molecule has 1 spiro atoms. The number of aromatic amines is 1. The molecule has 10 heteroatoms. The predicted molar refractivity (Wildman–Crippen MR) is 117 cm³/mol. The van der Waals surface area contributed by atoms with Crippen LogP contribution in [0.2, 0.25) is 0 Å². The van der Waals surface area contributed by atoms with Gasteiger partial charge in [-0.05, 0) is 25.3 Å². The Morgan fingerprint density at radius 3 is 2.64 bits per heavy atom. The minimum absolute atomic E-state index is 0.0516. The van der Waals surface area contributed by atoms with Crippen molar-refractivity contribution in [3.8, 4) is 5.88 Å². The van der Waals surface area contributed by atoms with Crippen molar-refractivity contribution in [2.24, 2.45) is 5.41 Å². The molecular formula is C23H22N4O6. The number of nitrogens with one attached hydrogen (secondary N) is 1. The highest BCUT2D eigenvalue weighted by Gasteiger charge is 2.63. The van der Waals surface area contributed by atoms with Crippen LogP contribution < -0.4 is 15.2 Å². The average Bonchev–Trinajstić information content (AvgIpc) is 2.93. The van der Waals surface area contributed by atoms with Crippen LogP contribution in [0.5, 0.6) is 5.88 Å². The molecule has 2 aliphatic heterocycles. The number of nitro groups is 1. The Kier molecular flexibility index (Phi) is 4.21. The lowest BCUT2D eigenvalue weighted by Gasteiger charge is -2.41. The van der Waals surface area contributed by atoms with Crippen LogP contribution in [0, 0.1) is 22.5 Å². The van der Waals surface area contributed by atoms with E-state index in [0.717, 1.165) is 0 Å². The molecular weight excluding hydrogens is 428 g/mol. The number of Topliss-reactive ketones (excluding diaryl/α,β-unsaturated/α-hetero) is 1. The van der Waals surface area contributed by atoms with Gasteiger partial charge in [0.15, 0.2) is 5.78 Å². The van der Waals surface area contributed by atoms with Crippen molar-refractivity contribution in [3.05, 3.63) is 67.0 Å². The third kappa shape index (κ3) is 2.66. The molecule has 170 valence electrons. The monoisotopic (exact) mass is 450 g/mol. The standard InChI is InChI=1S/C23H22N4O6/c1-5-26-14-7-6-12(27(31)32)8-13(14)23(21(26)30)17-15(28)9-22(3,4)10-16(17)33-20-18(23)19(29)24-11(2)25-20/h6-8H,5,9-10H2,1-4H3,(H,24,25,29). The SMILES string of the molecule is CCN1C(=O)C2(C3=C(CC(C)(C)CC3=O)Oc3nc(C)[nH]c(=O)c32)c2cc([N+](=O)[O-])ccc21. The van der Waals surface area contributed by atoms with Crippen LogP contribution in [0.4, 0.5) is 11.4 Å². The highest BCUT2D eigenvalue weighted by atomic mass is 16.6. The summed E-state index contributed by atoms with van der Waals surface area (Å²) >= 11 is 0. The van der Waals surface area contributed by atoms with Gasteiger partial charge in [0.25, 0.3) is 11.2 Å². The summed E-state index contributed by atoms with van der Waals surface area (Å²) in [6.45, 7) is 7.45. The van der Waals surface area contributed by atoms with Gasteiger partial charge in [-0.2, -0.15) is 4.98 Å². The van der Waals surface area contributed by atoms with E-state index in [1.807, 2.05) is 13.8 Å². The fourth-order valence-electron chi connectivity index (χ4n) is 5.37. The first-order valence-electron chi connectivity index (χ1n) is 10.7. The van der Waals surface area contributed by atoms with Crippen LogP contribution in [0.25, 0.3) is 0 Å². The number of carbonyl (C=O) groups excluding carboxylic acids is 2. The number of fused-ring (bicyclic) bond motifs is 5. The van der Waals surface area contributed by atoms with E-state index >= 15 is 0 Å². The number of carbonyl (C=O) groups is 2. The molecule has 1 aromatic carbocycles. The number of amides is 1. The van der Waals surface area contributed by atoms with Gasteiger partial charge in [-0.1, -0.05) is 13.8 Å². The Morgan fingerprint density at radius 2 is 1.97 bits per heavy atom. The molecule has 33 heavy (non-hydrogen) atoms. The van der Waals surface area contributed by atoms with Gasteiger partial charge in [0, 0.05) is 42.8 Å². The fourth-order valence-corrected chi connectivity index (χ4v) is 5.37. The highest BCUT2D eigenvalue weighted by Crippen LogP contribution is 2.58. The molecule has 0 bridgehead atoms. The normalized spacial score (nSPS) is 22.7. The maximum atomic E-state index is 14.1. The minimum Gasteiger partial charge on any atom is -0.442 e. The number of aromatic nitrogens is 2. The van der Waals surface area contributed by atoms with E-state index in [-0.39, 0.29) is 58.6 Å². The van der Waals surface area contributed by atoms with Crippen molar-refractivity contribution >= 4 is 23.1 Å². The number of allylic oxidation sites excluding steroid dienone is 1. The third-order valence-corrected chi connectivity index (χ3v) is 6.58. The maximum Gasteiger partial charge on any atom is 0.269 e. The number of nitrogens with zero attached hydrogens (tertiary/aromatic N) is 3. The highest BCUT2D eigenvalue weighted by molar-refractivity contribution is 6.20. The van der Waals surface area contributed by atoms with Crippen LogP contribution in [0.15, 0.2) is 34.3 Å². The molecule has 1 aromatic heterocycles. The van der Waals surface area contributed by atoms with Gasteiger partial charge in [-0.3, -0.25) is 24.5 Å². The van der Waals surface area contributed by atoms with Crippen molar-refractivity contribution in [1.82, 2.24) is 9.97 Å². The number of nitro benzene ring substituents is 1. The van der Waals surface area contributed by atoms with Crippen molar-refractivity contribution in [2.45, 2.75) is 46.0 Å². The summed E-state index contributed by atoms with van der Waals surface area (Å²) in [4.78, 5) is 60.5. The first kappa shape index (κ1) is 21.0. The van der Waals surface area contributed by atoms with Crippen LogP contribution in [0.1, 0.15) is 50.6 Å². The van der Waals surface area contributed by atoms with E-state index in [4.69, 9.17) is 4.74 Å². The van der Waals surface area contributed by atoms with E-state index in [1.54, 1.807) is 13.8 Å². The van der Waals surface area contributed by atoms with Crippen LogP contribution in [-0.2, 0) is 15.0 Å². The largest absolute Gasteiger partial charge is 0.442 e. The first-order valence-corrected chi connectivity index (χ1v) is 10.7. The number of H-pyrrole nitrogens is 1. The van der Waals surface area contributed by atoms with E-state index < -0.39 is 27.2 Å². The topological polar surface area (TPSA) is 136 Å². The molecule has 1 amide bonds. The second kappa shape index (κ2) is 6.60. The summed E-state index contributed by atoms with van der Waals surface area (Å²) in [5.74, 6) is -0.317. The van der Waals surface area contributed by atoms with Crippen LogP contribution in [-0.4, -0.2) is 33.1 Å². The summed E-state index contributed by atoms with van der Waals surface area (Å²) in [6.07, 6.45) is 0.500. The number of hydrogen-bond acceptors (Lipinski definition) is 7. The van der Waals surface area contributed by atoms with Crippen molar-refractivity contribution in [3.63, 3.8) is 0 Å². The average molecular weight is 450 g/mol. The molecule has 1 aliphatic carbocycles. The second-order valence-corrected chi connectivity index (χ2v) is 9.43. The van der Waals surface area contributed by atoms with Crippen molar-refractivity contribution in [1.29, 1.82) is 0 Å². The molecule has 5 rings (SSSR count). The maximum absolute atomic E-state index is 14.1. The zero-order chi connectivity index (χ0) is 23.9. The van der Waals surface area contributed by atoms with Gasteiger partial charge in [0.2, 0.25) is 11.8 Å². The molecule has 1 atom stereocenters. The summed E-state index contributed by atoms with van der Waals surface area (Å²) in [5, 5.41) is 11.6. The number of rotatable bonds is 2. The van der Waals surface area contributed by atoms with E-state index in [1.165, 1.54) is 23.1 Å². The number of aryl methyl sites for hydroxylation is 1. The van der Waals surface area contributed by atoms with Crippen LogP contribution in [0.3, 0.4) is 0 Å². The molecule has 3 aliphatic rings. The van der Waals surface area contributed by atoms with Crippen LogP contribution >= 0.6 is 0 Å². The Morgan fingerprint density at radius 1 is 1.24 bits per heavy atom. The summed E-state index contributed by atoms with van der Waals surface area (Å²) in [5.41, 5.74) is -2.53. The smallest absolute Gasteiger partial charge is 0.269 e. The number of benzene rings is 1. The lowest BCUT2D eigenvalue weighted by Crippen LogP contribution is -2.52. The molecule has 1 unspecified atom stereocenters. The third-order valence-electron chi connectivity index (χ3n) is 6.58. The molecule has 0 fully saturated rings. The van der Waals surface area contributed by atoms with Gasteiger partial charge >= 0.3 is 0 Å². The zero-order valence-corrected chi connectivity index (χ0v) is 18.6. The Bertz CT molecular complexity index is 1370. The van der Waals surface area contributed by atoms with Gasteiger partial charge in [-0.15, -0.1) is 0 Å². The number of likely N-dealkylation sites (N-methyl/N-ethyl adjacent to an activating group) is 1. The van der Waals surface area contributed by atoms with Gasteiger partial charge in [0.05, 0.1) is 10.5 Å². The minimum atomic E-state index is -1.86.